The predicted molar refractivity (Wildman–Crippen MR) is 116 cm³/mol. The molecular weight excluding hydrogens is 423 g/mol. The number of sulfone groups is 1. The molecule has 3 aromatic rings. The number of rotatable bonds is 5. The van der Waals surface area contributed by atoms with Crippen molar-refractivity contribution in [1.82, 2.24) is 10.3 Å². The summed E-state index contributed by atoms with van der Waals surface area (Å²) in [5, 5.41) is 3.17. The Balaban J connectivity index is 1.40. The minimum atomic E-state index is -3.56. The smallest absolute Gasteiger partial charge is 0.261 e. The molecule has 0 aliphatic heterocycles. The van der Waals surface area contributed by atoms with Gasteiger partial charge in [-0.05, 0) is 60.4 Å². The number of hydrogen-bond acceptors (Lipinski definition) is 5. The molecule has 5 nitrogen and oxygen atoms in total. The quantitative estimate of drug-likeness (QED) is 0.625. The summed E-state index contributed by atoms with van der Waals surface area (Å²) in [6.07, 6.45) is 3.49. The van der Waals surface area contributed by atoms with E-state index >= 15 is 0 Å². The number of alkyl halides is 1. The first-order chi connectivity index (χ1) is 14.3. The Morgan fingerprint density at radius 1 is 1.23 bits per heavy atom. The SMILES string of the molecule is CC1CCC(S(=O)(=O)c2ccc(CNC(=O)c3cc4ccncc4s3)cc2)CC1F. The minimum Gasteiger partial charge on any atom is -0.347 e. The lowest BCUT2D eigenvalue weighted by Crippen LogP contribution is -2.33. The van der Waals surface area contributed by atoms with E-state index in [0.717, 1.165) is 15.6 Å². The molecule has 1 amide bonds. The number of carbonyl (C=O) groups excluding carboxylic acids is 1. The van der Waals surface area contributed by atoms with Gasteiger partial charge in [0.15, 0.2) is 9.84 Å². The van der Waals surface area contributed by atoms with Crippen molar-refractivity contribution in [3.8, 4) is 0 Å². The van der Waals surface area contributed by atoms with Crippen LogP contribution in [0.15, 0.2) is 53.7 Å². The molecule has 0 bridgehead atoms. The number of carbonyl (C=O) groups is 1. The van der Waals surface area contributed by atoms with Gasteiger partial charge in [-0.15, -0.1) is 11.3 Å². The number of amides is 1. The molecule has 1 fully saturated rings. The van der Waals surface area contributed by atoms with Crippen LogP contribution in [0.5, 0.6) is 0 Å². The second-order valence-corrected chi connectivity index (χ2v) is 11.1. The number of nitrogens with zero attached hydrogens (tertiary/aromatic N) is 1. The van der Waals surface area contributed by atoms with Crippen LogP contribution >= 0.6 is 11.3 Å². The Labute approximate surface area is 179 Å². The lowest BCUT2D eigenvalue weighted by molar-refractivity contribution is 0.0955. The molecule has 158 valence electrons. The van der Waals surface area contributed by atoms with Gasteiger partial charge >= 0.3 is 0 Å². The molecule has 0 spiro atoms. The van der Waals surface area contributed by atoms with Crippen molar-refractivity contribution in [2.24, 2.45) is 5.92 Å². The highest BCUT2D eigenvalue weighted by molar-refractivity contribution is 7.92. The Hall–Kier alpha value is -2.32. The van der Waals surface area contributed by atoms with E-state index in [0.29, 0.717) is 24.3 Å². The van der Waals surface area contributed by atoms with E-state index in [4.69, 9.17) is 0 Å². The molecule has 2 heterocycles. The third-order valence-electron chi connectivity index (χ3n) is 5.74. The standard InChI is InChI=1S/C22H23FN2O3S2/c1-14-2-5-18(11-19(14)23)30(27,28)17-6-3-15(4-7-17)12-25-22(26)20-10-16-8-9-24-13-21(16)29-20/h3-4,6-10,13-14,18-19H,2,5,11-12H2,1H3,(H,25,26). The fourth-order valence-corrected chi connectivity index (χ4v) is 6.50. The van der Waals surface area contributed by atoms with E-state index in [-0.39, 0.29) is 23.1 Å². The van der Waals surface area contributed by atoms with Gasteiger partial charge in [0, 0.05) is 18.9 Å². The maximum atomic E-state index is 14.0. The molecular formula is C22H23FN2O3S2. The van der Waals surface area contributed by atoms with Gasteiger partial charge in [-0.3, -0.25) is 9.78 Å². The minimum absolute atomic E-state index is 0.0615. The summed E-state index contributed by atoms with van der Waals surface area (Å²) < 4.78 is 40.7. The molecule has 1 aliphatic rings. The van der Waals surface area contributed by atoms with Crippen LogP contribution < -0.4 is 5.32 Å². The van der Waals surface area contributed by atoms with E-state index < -0.39 is 21.3 Å². The summed E-state index contributed by atoms with van der Waals surface area (Å²) >= 11 is 1.38. The van der Waals surface area contributed by atoms with E-state index in [1.807, 2.05) is 19.1 Å². The van der Waals surface area contributed by atoms with Crippen LogP contribution in [-0.4, -0.2) is 30.7 Å². The van der Waals surface area contributed by atoms with Crippen molar-refractivity contribution >= 4 is 37.2 Å². The van der Waals surface area contributed by atoms with Crippen LogP contribution in [0.1, 0.15) is 41.4 Å². The fourth-order valence-electron chi connectivity index (χ4n) is 3.77. The highest BCUT2D eigenvalue weighted by Gasteiger charge is 2.36. The second kappa shape index (κ2) is 8.43. The van der Waals surface area contributed by atoms with E-state index in [1.165, 1.54) is 11.3 Å². The van der Waals surface area contributed by atoms with Gasteiger partial charge in [-0.2, -0.15) is 0 Å². The largest absolute Gasteiger partial charge is 0.347 e. The second-order valence-electron chi connectivity index (χ2n) is 7.82. The van der Waals surface area contributed by atoms with Crippen molar-refractivity contribution < 1.29 is 17.6 Å². The predicted octanol–water partition coefficient (Wildman–Crippen LogP) is 4.53. The van der Waals surface area contributed by atoms with Gasteiger partial charge in [0.05, 0.1) is 19.7 Å². The summed E-state index contributed by atoms with van der Waals surface area (Å²) in [6.45, 7) is 2.12. The number of benzene rings is 1. The van der Waals surface area contributed by atoms with Gasteiger partial charge in [0.2, 0.25) is 0 Å². The molecule has 30 heavy (non-hydrogen) atoms. The van der Waals surface area contributed by atoms with Gasteiger partial charge in [0.1, 0.15) is 6.17 Å². The van der Waals surface area contributed by atoms with E-state index in [2.05, 4.69) is 10.3 Å². The molecule has 0 saturated heterocycles. The summed E-state index contributed by atoms with van der Waals surface area (Å²) in [6, 6.07) is 10.2. The number of aromatic nitrogens is 1. The van der Waals surface area contributed by atoms with Crippen molar-refractivity contribution in [2.45, 2.75) is 49.0 Å². The lowest BCUT2D eigenvalue weighted by Gasteiger charge is -2.29. The van der Waals surface area contributed by atoms with Crippen molar-refractivity contribution in [3.63, 3.8) is 0 Å². The molecule has 1 aliphatic carbocycles. The van der Waals surface area contributed by atoms with Gasteiger partial charge < -0.3 is 5.32 Å². The van der Waals surface area contributed by atoms with Crippen LogP contribution in [0.2, 0.25) is 0 Å². The third-order valence-corrected chi connectivity index (χ3v) is 9.06. The van der Waals surface area contributed by atoms with Crippen LogP contribution in [0.4, 0.5) is 4.39 Å². The molecule has 3 atom stereocenters. The van der Waals surface area contributed by atoms with Crippen molar-refractivity contribution in [2.75, 3.05) is 0 Å². The maximum Gasteiger partial charge on any atom is 0.261 e. The van der Waals surface area contributed by atoms with Crippen LogP contribution in [0.3, 0.4) is 0 Å². The Kier molecular flexibility index (Phi) is 5.88. The monoisotopic (exact) mass is 446 g/mol. The average molecular weight is 447 g/mol. The first-order valence-electron chi connectivity index (χ1n) is 9.93. The molecule has 1 N–H and O–H groups in total. The Bertz CT molecular complexity index is 1130. The molecule has 4 rings (SSSR count). The zero-order chi connectivity index (χ0) is 21.3. The molecule has 8 heteroatoms. The van der Waals surface area contributed by atoms with Gasteiger partial charge in [-0.1, -0.05) is 19.1 Å². The summed E-state index contributed by atoms with van der Waals surface area (Å²) in [7, 11) is -3.56. The molecule has 2 aromatic heterocycles. The third kappa shape index (κ3) is 4.25. The zero-order valence-electron chi connectivity index (χ0n) is 16.5. The van der Waals surface area contributed by atoms with Gasteiger partial charge in [-0.25, -0.2) is 12.8 Å². The van der Waals surface area contributed by atoms with Crippen LogP contribution in [-0.2, 0) is 16.4 Å². The number of pyridine rings is 1. The molecule has 0 radical (unpaired) electrons. The number of fused-ring (bicyclic) bond motifs is 1. The summed E-state index contributed by atoms with van der Waals surface area (Å²) in [4.78, 5) is 17.3. The molecule has 3 unspecified atom stereocenters. The van der Waals surface area contributed by atoms with Gasteiger partial charge in [0.25, 0.3) is 5.91 Å². The normalized spacial score (nSPS) is 22.1. The number of hydrogen-bond donors (Lipinski definition) is 1. The van der Waals surface area contributed by atoms with E-state index in [1.54, 1.807) is 36.7 Å². The number of nitrogens with one attached hydrogen (secondary N) is 1. The summed E-state index contributed by atoms with van der Waals surface area (Å²) in [5.74, 6) is -0.266. The Morgan fingerprint density at radius 2 is 2.00 bits per heavy atom. The average Bonchev–Trinajstić information content (AvgIpc) is 3.18. The van der Waals surface area contributed by atoms with Crippen molar-refractivity contribution in [3.05, 3.63) is 59.2 Å². The first kappa shape index (κ1) is 20.9. The highest BCUT2D eigenvalue weighted by atomic mass is 32.2. The van der Waals surface area contributed by atoms with E-state index in [9.17, 15) is 17.6 Å². The maximum absolute atomic E-state index is 14.0. The van der Waals surface area contributed by atoms with Crippen LogP contribution in [0, 0.1) is 5.92 Å². The Morgan fingerprint density at radius 3 is 2.70 bits per heavy atom. The molecule has 1 aromatic carbocycles. The lowest BCUT2D eigenvalue weighted by atomic mass is 9.89. The topological polar surface area (TPSA) is 76.1 Å². The fraction of sp³-hybridized carbons (Fsp3) is 0.364. The highest BCUT2D eigenvalue weighted by Crippen LogP contribution is 2.33. The zero-order valence-corrected chi connectivity index (χ0v) is 18.2. The first-order valence-corrected chi connectivity index (χ1v) is 12.3. The van der Waals surface area contributed by atoms with Crippen molar-refractivity contribution in [1.29, 1.82) is 0 Å². The number of thiophene rings is 1. The number of halogens is 1. The molecule has 1 saturated carbocycles. The summed E-state index contributed by atoms with van der Waals surface area (Å²) in [5.41, 5.74) is 0.797. The van der Waals surface area contributed by atoms with Crippen LogP contribution in [0.25, 0.3) is 10.1 Å².